The molecule has 0 spiro atoms. The molecule has 1 amide bonds. The third-order valence-electron chi connectivity index (χ3n) is 7.08. The molecular formula is C28H37N3O2S. The van der Waals surface area contributed by atoms with Crippen molar-refractivity contribution in [3.05, 3.63) is 59.1 Å². The third-order valence-corrected chi connectivity index (χ3v) is 8.23. The number of carbonyl (C=O) groups excluding carboxylic acids is 1. The number of hydrogen-bond acceptors (Lipinski definition) is 5. The van der Waals surface area contributed by atoms with E-state index in [9.17, 15) is 4.79 Å². The zero-order chi connectivity index (χ0) is 24.1. The second-order valence-corrected chi connectivity index (χ2v) is 10.5. The van der Waals surface area contributed by atoms with E-state index in [1.165, 1.54) is 50.5 Å². The molecular weight excluding hydrogens is 442 g/mol. The molecule has 0 unspecified atom stereocenters. The van der Waals surface area contributed by atoms with Gasteiger partial charge in [-0.05, 0) is 62.5 Å². The van der Waals surface area contributed by atoms with Crippen LogP contribution in [0.3, 0.4) is 0 Å². The van der Waals surface area contributed by atoms with Gasteiger partial charge in [-0.25, -0.2) is 0 Å². The fraction of sp³-hybridized carbons (Fsp3) is 0.464. The molecule has 34 heavy (non-hydrogen) atoms. The number of piperidine rings is 1. The van der Waals surface area contributed by atoms with Gasteiger partial charge < -0.3 is 20.3 Å². The van der Waals surface area contributed by atoms with E-state index in [0.717, 1.165) is 52.9 Å². The molecule has 5 nitrogen and oxygen atoms in total. The minimum atomic E-state index is 0.0136. The Balaban J connectivity index is 1.47. The summed E-state index contributed by atoms with van der Waals surface area (Å²) in [7, 11) is 1.66. The van der Waals surface area contributed by atoms with Crippen LogP contribution < -0.4 is 10.5 Å². The topological polar surface area (TPSA) is 58.8 Å². The van der Waals surface area contributed by atoms with Gasteiger partial charge in [0.15, 0.2) is 0 Å². The van der Waals surface area contributed by atoms with Crippen LogP contribution in [0.2, 0.25) is 0 Å². The van der Waals surface area contributed by atoms with Crippen LogP contribution in [0.1, 0.15) is 51.0 Å². The number of rotatable bonds is 6. The van der Waals surface area contributed by atoms with E-state index in [1.54, 1.807) is 14.0 Å². The molecule has 0 bridgehead atoms. The molecule has 2 fully saturated rings. The van der Waals surface area contributed by atoms with Crippen LogP contribution in [0.15, 0.2) is 53.6 Å². The van der Waals surface area contributed by atoms with Gasteiger partial charge >= 0.3 is 0 Å². The highest BCUT2D eigenvalue weighted by molar-refractivity contribution is 8.12. The Hall–Kier alpha value is -2.44. The van der Waals surface area contributed by atoms with Crippen molar-refractivity contribution in [3.63, 3.8) is 0 Å². The number of nitrogens with zero attached hydrogens (tertiary/aromatic N) is 2. The highest BCUT2D eigenvalue weighted by Crippen LogP contribution is 2.42. The lowest BCUT2D eigenvalue weighted by Crippen LogP contribution is -2.47. The smallest absolute Gasteiger partial charge is 0.262 e. The van der Waals surface area contributed by atoms with Gasteiger partial charge in [0.05, 0.1) is 12.0 Å². The Morgan fingerprint density at radius 3 is 2.35 bits per heavy atom. The molecule has 4 rings (SSSR count). The number of benzene rings is 2. The van der Waals surface area contributed by atoms with Gasteiger partial charge in [-0.3, -0.25) is 4.79 Å². The first-order chi connectivity index (χ1) is 16.5. The summed E-state index contributed by atoms with van der Waals surface area (Å²) < 4.78 is 5.65. The number of thioether (sulfide) groups is 1. The van der Waals surface area contributed by atoms with Crippen LogP contribution in [0.5, 0.6) is 5.75 Å². The average Bonchev–Trinajstić information content (AvgIpc) is 3.15. The lowest BCUT2D eigenvalue weighted by atomic mass is 10.0. The van der Waals surface area contributed by atoms with Crippen molar-refractivity contribution in [1.82, 2.24) is 9.80 Å². The van der Waals surface area contributed by atoms with Gasteiger partial charge in [-0.15, -0.1) is 0 Å². The predicted molar refractivity (Wildman–Crippen MR) is 144 cm³/mol. The van der Waals surface area contributed by atoms with Gasteiger partial charge in [0, 0.05) is 35.3 Å². The number of allylic oxidation sites excluding steroid dienone is 1. The monoisotopic (exact) mass is 479 g/mol. The number of hydrogen-bond donors (Lipinski definition) is 1. The average molecular weight is 480 g/mol. The van der Waals surface area contributed by atoms with Crippen molar-refractivity contribution in [2.45, 2.75) is 51.5 Å². The number of methoxy groups -OCH3 is 1. The maximum Gasteiger partial charge on any atom is 0.262 e. The first-order valence-electron chi connectivity index (χ1n) is 12.4. The number of carbonyl (C=O) groups is 1. The molecule has 2 saturated heterocycles. The third kappa shape index (κ3) is 5.44. The summed E-state index contributed by atoms with van der Waals surface area (Å²) in [5, 5.41) is 2.16. The molecule has 2 aromatic carbocycles. The van der Waals surface area contributed by atoms with E-state index in [1.807, 2.05) is 29.2 Å². The maximum absolute atomic E-state index is 13.5. The lowest BCUT2D eigenvalue weighted by molar-refractivity contribution is -0.128. The summed E-state index contributed by atoms with van der Waals surface area (Å²) >= 11 is 1.36. The molecule has 0 saturated carbocycles. The SMILES string of the molecule is C=C(S/C(C(=O)N1CCC(N2CCCCCC2)CC1)=C(/C)N)c1c(OC)ccc2ccccc12. The molecule has 2 aliphatic heterocycles. The summed E-state index contributed by atoms with van der Waals surface area (Å²) in [6.07, 6.45) is 7.36. The van der Waals surface area contributed by atoms with Gasteiger partial charge in [0.25, 0.3) is 5.91 Å². The Morgan fingerprint density at radius 1 is 1.03 bits per heavy atom. The molecule has 2 N–H and O–H groups in total. The summed E-state index contributed by atoms with van der Waals surface area (Å²) in [5.41, 5.74) is 7.69. The predicted octanol–water partition coefficient (Wildman–Crippen LogP) is 5.61. The molecule has 6 heteroatoms. The molecule has 2 heterocycles. The van der Waals surface area contributed by atoms with E-state index in [-0.39, 0.29) is 5.91 Å². The number of ether oxygens (including phenoxy) is 1. The maximum atomic E-state index is 13.5. The summed E-state index contributed by atoms with van der Waals surface area (Å²) in [5.74, 6) is 0.760. The van der Waals surface area contributed by atoms with Gasteiger partial charge in [-0.2, -0.15) is 0 Å². The zero-order valence-electron chi connectivity index (χ0n) is 20.5. The largest absolute Gasteiger partial charge is 0.496 e. The van der Waals surface area contributed by atoms with Gasteiger partial charge in [-0.1, -0.05) is 61.5 Å². The van der Waals surface area contributed by atoms with Crippen molar-refractivity contribution in [2.24, 2.45) is 5.73 Å². The minimum Gasteiger partial charge on any atom is -0.496 e. The summed E-state index contributed by atoms with van der Waals surface area (Å²) in [6.45, 7) is 10.1. The summed E-state index contributed by atoms with van der Waals surface area (Å²) in [6, 6.07) is 12.7. The van der Waals surface area contributed by atoms with E-state index in [4.69, 9.17) is 10.5 Å². The fourth-order valence-corrected chi connectivity index (χ4v) is 6.15. The van der Waals surface area contributed by atoms with Crippen LogP contribution >= 0.6 is 11.8 Å². The number of likely N-dealkylation sites (tertiary alicyclic amines) is 2. The lowest BCUT2D eigenvalue weighted by Gasteiger charge is -2.38. The van der Waals surface area contributed by atoms with E-state index in [2.05, 4.69) is 23.6 Å². The highest BCUT2D eigenvalue weighted by atomic mass is 32.2. The molecule has 0 aromatic heterocycles. The molecule has 0 aliphatic carbocycles. The van der Waals surface area contributed by atoms with Crippen molar-refractivity contribution in [1.29, 1.82) is 0 Å². The standard InChI is InChI=1S/C28H37N3O2S/c1-20(29)27(28(32)31-18-14-23(15-19-31)30-16-8-4-5-9-17-30)34-21(2)26-24-11-7-6-10-22(24)12-13-25(26)33-3/h6-7,10-13,23H,2,4-5,8-9,14-19,29H2,1,3H3/b27-20-. The summed E-state index contributed by atoms with van der Waals surface area (Å²) in [4.78, 5) is 19.5. The Bertz CT molecular complexity index is 1060. The van der Waals surface area contributed by atoms with Gasteiger partial charge in [0.2, 0.25) is 0 Å². The second-order valence-electron chi connectivity index (χ2n) is 9.37. The van der Waals surface area contributed by atoms with Gasteiger partial charge in [0.1, 0.15) is 5.75 Å². The highest BCUT2D eigenvalue weighted by Gasteiger charge is 2.30. The molecule has 2 aromatic rings. The van der Waals surface area contributed by atoms with Crippen LogP contribution in [-0.4, -0.2) is 55.0 Å². The van der Waals surface area contributed by atoms with Crippen LogP contribution in [0, 0.1) is 0 Å². The fourth-order valence-electron chi connectivity index (χ4n) is 5.21. The second kappa shape index (κ2) is 11.3. The first kappa shape index (κ1) is 24.7. The molecule has 0 atom stereocenters. The van der Waals surface area contributed by atoms with E-state index in [0.29, 0.717) is 16.6 Å². The van der Waals surface area contributed by atoms with Crippen molar-refractivity contribution in [3.8, 4) is 5.75 Å². The first-order valence-corrected chi connectivity index (χ1v) is 13.2. The number of fused-ring (bicyclic) bond motifs is 1. The van der Waals surface area contributed by atoms with Crippen LogP contribution in [0.4, 0.5) is 0 Å². The molecule has 2 aliphatic rings. The zero-order valence-corrected chi connectivity index (χ0v) is 21.3. The van der Waals surface area contributed by atoms with Crippen LogP contribution in [-0.2, 0) is 4.79 Å². The number of amides is 1. The normalized spacial score (nSPS) is 18.9. The van der Waals surface area contributed by atoms with Crippen molar-refractivity contribution < 1.29 is 9.53 Å². The quantitative estimate of drug-likeness (QED) is 0.546. The Labute approximate surface area is 208 Å². The van der Waals surface area contributed by atoms with E-state index < -0.39 is 0 Å². The van der Waals surface area contributed by atoms with Crippen molar-refractivity contribution in [2.75, 3.05) is 33.3 Å². The Morgan fingerprint density at radius 2 is 1.71 bits per heavy atom. The van der Waals surface area contributed by atoms with Crippen LogP contribution in [0.25, 0.3) is 15.7 Å². The minimum absolute atomic E-state index is 0.0136. The number of nitrogens with two attached hydrogens (primary N) is 1. The molecule has 182 valence electrons. The molecule has 0 radical (unpaired) electrons. The van der Waals surface area contributed by atoms with Crippen molar-refractivity contribution >= 4 is 33.3 Å². The van der Waals surface area contributed by atoms with E-state index >= 15 is 0 Å². The Kier molecular flexibility index (Phi) is 8.22.